The molecule has 2 rings (SSSR count). The number of hydrogen-bond donors (Lipinski definition) is 15. The summed E-state index contributed by atoms with van der Waals surface area (Å²) in [5.41, 5.74) is 22.0. The van der Waals surface area contributed by atoms with E-state index < -0.39 is 145 Å². The Morgan fingerprint density at radius 3 is 1.89 bits per heavy atom. The molecular formula is C39H64N14O14S3. The van der Waals surface area contributed by atoms with Gasteiger partial charge in [-0.3, -0.25) is 62.5 Å². The van der Waals surface area contributed by atoms with Crippen LogP contribution in [0.3, 0.4) is 0 Å². The molecule has 0 saturated carbocycles. The van der Waals surface area contributed by atoms with Crippen molar-refractivity contribution in [2.45, 2.75) is 107 Å². The second kappa shape index (κ2) is 31.2. The number of guanidine groups is 1. The molecule has 18 N–H and O–H groups in total. The van der Waals surface area contributed by atoms with E-state index in [2.05, 4.69) is 60.2 Å². The Kier molecular flexibility index (Phi) is 26.8. The van der Waals surface area contributed by atoms with Crippen molar-refractivity contribution in [1.29, 1.82) is 0 Å². The first-order valence-corrected chi connectivity index (χ1v) is 25.2. The number of unbranched alkanes of at least 4 members (excludes halogenated alkanes) is 1. The number of nitrogens with two attached hydrogens (primary N) is 4. The van der Waals surface area contributed by atoms with Crippen LogP contribution in [-0.2, 0) is 57.5 Å². The van der Waals surface area contributed by atoms with E-state index in [1.165, 1.54) is 6.92 Å². The van der Waals surface area contributed by atoms with Crippen LogP contribution in [0.1, 0.15) is 64.7 Å². The standard InChI is InChI=1S/C39H64N14O14S3/c1-19(16-68)32(61)52-25-18-70-69-17-24(31(41)60)51-36(65)23(13-30(58)59)50-38(67)26-8-5-11-53(26)28(55)15-46-34(63)20(6-2-3-9-40)48-35(64)22(12-29(56)57)47-27(54)14-45-33(62)21(49-37(25)66)7-4-10-44-39(42)43/h19-26,68H,2-18,40H2,1H3,(H2,41,60)(H,45,62)(H,46,63)(H,47,54)(H,48,64)(H,49,66)(H,50,67)(H,51,65)(H,52,61)(H,56,57)(H,58,59)(H4,42,43,44)/t19-,20+,21+,22+,23+,24?,25+,26?/m1/s1. The quantitative estimate of drug-likeness (QED) is 0.0225. The number of nitrogens with zero attached hydrogens (tertiary/aromatic N) is 2. The molecule has 0 aromatic carbocycles. The lowest BCUT2D eigenvalue weighted by molar-refractivity contribution is -0.143. The van der Waals surface area contributed by atoms with E-state index in [1.807, 2.05) is 0 Å². The summed E-state index contributed by atoms with van der Waals surface area (Å²) >= 11 is 4.14. The fourth-order valence-electron chi connectivity index (χ4n) is 6.65. The number of carboxylic acid groups (broad SMARTS) is 2. The average Bonchev–Trinajstić information content (AvgIpc) is 3.80. The third kappa shape index (κ3) is 21.7. The van der Waals surface area contributed by atoms with Crippen LogP contribution >= 0.6 is 34.2 Å². The van der Waals surface area contributed by atoms with Crippen molar-refractivity contribution in [3.05, 3.63) is 0 Å². The number of aliphatic carboxylic acids is 2. The van der Waals surface area contributed by atoms with Gasteiger partial charge >= 0.3 is 11.9 Å². The first-order chi connectivity index (χ1) is 33.1. The van der Waals surface area contributed by atoms with Gasteiger partial charge in [0.25, 0.3) is 0 Å². The fraction of sp³-hybridized carbons (Fsp3) is 0.667. The molecule has 70 heavy (non-hydrogen) atoms. The van der Waals surface area contributed by atoms with Gasteiger partial charge in [0.05, 0.1) is 25.9 Å². The molecule has 0 aromatic rings. The van der Waals surface area contributed by atoms with Gasteiger partial charge in [-0.1, -0.05) is 28.5 Å². The maximum absolute atomic E-state index is 13.9. The maximum atomic E-state index is 13.9. The SMILES string of the molecule is C[C@H](CS)C(=O)N[C@H]1CSSCC(C(N)=O)NC(=O)[C@H](CC(=O)O)NC(=O)C2CCCN2C(=O)CNC(=O)[C@H](CCCCN)NC(=O)[C@H](CC(=O)O)NC(=O)CNC(=O)[C@H](CCCN=C(N)N)NC1=O. The van der Waals surface area contributed by atoms with Crippen LogP contribution in [0.4, 0.5) is 0 Å². The molecule has 0 bridgehead atoms. The summed E-state index contributed by atoms with van der Waals surface area (Å²) in [6, 6.07) is -10.4. The summed E-state index contributed by atoms with van der Waals surface area (Å²) in [6.07, 6.45) is -0.975. The van der Waals surface area contributed by atoms with Crippen LogP contribution in [0.2, 0.25) is 0 Å². The topological polar surface area (TPSA) is 461 Å². The number of carbonyl (C=O) groups is 12. The zero-order valence-corrected chi connectivity index (χ0v) is 40.9. The molecule has 2 fully saturated rings. The van der Waals surface area contributed by atoms with Crippen molar-refractivity contribution in [1.82, 2.24) is 47.4 Å². The van der Waals surface area contributed by atoms with Gasteiger partial charge in [-0.05, 0) is 51.5 Å². The van der Waals surface area contributed by atoms with E-state index in [4.69, 9.17) is 22.9 Å². The van der Waals surface area contributed by atoms with Crippen molar-refractivity contribution in [2.75, 3.05) is 50.0 Å². The Labute approximate surface area is 415 Å². The van der Waals surface area contributed by atoms with E-state index in [-0.39, 0.29) is 75.0 Å². The van der Waals surface area contributed by atoms with Gasteiger partial charge in [0.15, 0.2) is 5.96 Å². The summed E-state index contributed by atoms with van der Waals surface area (Å²) in [5.74, 6) is -13.8. The molecule has 28 nitrogen and oxygen atoms in total. The third-order valence-electron chi connectivity index (χ3n) is 10.5. The number of fused-ring (bicyclic) bond motifs is 1. The molecule has 0 spiro atoms. The summed E-state index contributed by atoms with van der Waals surface area (Å²) < 4.78 is 0. The molecule has 0 aromatic heterocycles. The first kappa shape index (κ1) is 60.0. The number of nitrogens with one attached hydrogen (secondary N) is 8. The molecule has 31 heteroatoms. The summed E-state index contributed by atoms with van der Waals surface area (Å²) in [4.78, 5) is 162. The monoisotopic (exact) mass is 1050 g/mol. The van der Waals surface area contributed by atoms with Gasteiger partial charge in [0.2, 0.25) is 59.1 Å². The minimum absolute atomic E-state index is 0.00205. The highest BCUT2D eigenvalue weighted by Crippen LogP contribution is 2.24. The molecule has 8 atom stereocenters. The van der Waals surface area contributed by atoms with Gasteiger partial charge in [-0.15, -0.1) is 0 Å². The summed E-state index contributed by atoms with van der Waals surface area (Å²) in [5, 5.41) is 38.3. The predicted octanol–water partition coefficient (Wildman–Crippen LogP) is -6.30. The number of amides is 10. The smallest absolute Gasteiger partial charge is 0.305 e. The summed E-state index contributed by atoms with van der Waals surface area (Å²) in [7, 11) is 1.84. The number of aliphatic imine (C=N–C) groups is 1. The third-order valence-corrected chi connectivity index (χ3v) is 13.4. The Balaban J connectivity index is 2.59. The number of thiol groups is 1. The Morgan fingerprint density at radius 1 is 0.743 bits per heavy atom. The van der Waals surface area contributed by atoms with Gasteiger partial charge in [-0.2, -0.15) is 12.6 Å². The molecular weight excluding hydrogens is 985 g/mol. The van der Waals surface area contributed by atoms with Crippen LogP contribution in [0.15, 0.2) is 4.99 Å². The summed E-state index contributed by atoms with van der Waals surface area (Å²) in [6.45, 7) is 0.217. The van der Waals surface area contributed by atoms with Gasteiger partial charge in [-0.25, -0.2) is 0 Å². The zero-order chi connectivity index (χ0) is 52.5. The Hall–Kier alpha value is -6.08. The molecule has 0 radical (unpaired) electrons. The molecule has 0 aliphatic carbocycles. The van der Waals surface area contributed by atoms with Crippen molar-refractivity contribution in [2.24, 2.45) is 33.8 Å². The maximum Gasteiger partial charge on any atom is 0.305 e. The minimum Gasteiger partial charge on any atom is -0.481 e. The van der Waals surface area contributed by atoms with Crippen molar-refractivity contribution < 1.29 is 67.7 Å². The van der Waals surface area contributed by atoms with E-state index in [1.54, 1.807) is 0 Å². The second-order valence-corrected chi connectivity index (χ2v) is 19.0. The number of primary amides is 1. The van der Waals surface area contributed by atoms with Crippen LogP contribution in [0.5, 0.6) is 0 Å². The lowest BCUT2D eigenvalue weighted by Gasteiger charge is -2.27. The predicted molar refractivity (Wildman–Crippen MR) is 257 cm³/mol. The van der Waals surface area contributed by atoms with Crippen LogP contribution in [0.25, 0.3) is 0 Å². The van der Waals surface area contributed by atoms with E-state index >= 15 is 0 Å². The zero-order valence-electron chi connectivity index (χ0n) is 38.4. The molecule has 2 aliphatic heterocycles. The number of carbonyl (C=O) groups excluding carboxylic acids is 10. The van der Waals surface area contributed by atoms with E-state index in [0.29, 0.717) is 12.8 Å². The normalized spacial score (nSPS) is 24.7. The lowest BCUT2D eigenvalue weighted by Crippen LogP contribution is -2.58. The highest BCUT2D eigenvalue weighted by molar-refractivity contribution is 8.76. The lowest BCUT2D eigenvalue weighted by atomic mass is 10.1. The van der Waals surface area contributed by atoms with Crippen LogP contribution in [-0.4, -0.2) is 184 Å². The number of rotatable bonds is 16. The van der Waals surface area contributed by atoms with Crippen molar-refractivity contribution in [3.63, 3.8) is 0 Å². The molecule has 2 aliphatic rings. The number of hydrogen-bond acceptors (Lipinski definition) is 17. The van der Waals surface area contributed by atoms with Crippen molar-refractivity contribution in [3.8, 4) is 0 Å². The molecule has 2 saturated heterocycles. The average molecular weight is 1050 g/mol. The molecule has 2 heterocycles. The fourth-order valence-corrected chi connectivity index (χ4v) is 9.16. The van der Waals surface area contributed by atoms with Gasteiger partial charge < -0.3 is 80.6 Å². The van der Waals surface area contributed by atoms with Crippen molar-refractivity contribution >= 4 is 111 Å². The minimum atomic E-state index is -1.80. The van der Waals surface area contributed by atoms with Gasteiger partial charge in [0, 0.05) is 36.3 Å². The highest BCUT2D eigenvalue weighted by atomic mass is 33.1. The Bertz CT molecular complexity index is 1950. The molecule has 2 unspecified atom stereocenters. The Morgan fingerprint density at radius 2 is 1.30 bits per heavy atom. The van der Waals surface area contributed by atoms with Gasteiger partial charge in [0.1, 0.15) is 42.3 Å². The molecule has 10 amide bonds. The van der Waals surface area contributed by atoms with E-state index in [9.17, 15) is 67.7 Å². The highest BCUT2D eigenvalue weighted by Gasteiger charge is 2.38. The van der Waals surface area contributed by atoms with Crippen LogP contribution < -0.4 is 65.5 Å². The molecule has 392 valence electrons. The second-order valence-electron chi connectivity index (χ2n) is 16.1. The van der Waals surface area contributed by atoms with E-state index in [0.717, 1.165) is 26.5 Å². The number of carboxylic acids is 2. The largest absolute Gasteiger partial charge is 0.481 e. The van der Waals surface area contributed by atoms with Crippen LogP contribution in [0, 0.1) is 5.92 Å². The first-order valence-electron chi connectivity index (χ1n) is 22.1.